The van der Waals surface area contributed by atoms with E-state index in [0.717, 1.165) is 11.5 Å². The summed E-state index contributed by atoms with van der Waals surface area (Å²) in [7, 11) is 0. The molecule has 2 amide bonds. The first-order valence-corrected chi connectivity index (χ1v) is 6.24. The highest BCUT2D eigenvalue weighted by molar-refractivity contribution is 5.74. The van der Waals surface area contributed by atoms with Gasteiger partial charge in [-0.1, -0.05) is 6.92 Å². The predicted molar refractivity (Wildman–Crippen MR) is 69.3 cm³/mol. The molecule has 0 aromatic carbocycles. The molecule has 0 radical (unpaired) electrons. The Morgan fingerprint density at radius 3 is 2.72 bits per heavy atom. The molecule has 18 heavy (non-hydrogen) atoms. The molecular weight excluding hydrogens is 232 g/mol. The van der Waals surface area contributed by atoms with Crippen molar-refractivity contribution in [2.75, 3.05) is 13.2 Å². The maximum absolute atomic E-state index is 11.6. The number of carbonyl (C=O) groups excluding carboxylic acids is 1. The second kappa shape index (κ2) is 7.06. The minimum atomic E-state index is -0.221. The Balaban J connectivity index is 2.31. The third-order valence-corrected chi connectivity index (χ3v) is 2.77. The van der Waals surface area contributed by atoms with Gasteiger partial charge >= 0.3 is 6.03 Å². The number of aliphatic hydroxyl groups excluding tert-OH is 1. The summed E-state index contributed by atoms with van der Waals surface area (Å²) < 4.78 is 5.43. The molecule has 102 valence electrons. The van der Waals surface area contributed by atoms with Crippen molar-refractivity contribution in [1.29, 1.82) is 0 Å². The van der Waals surface area contributed by atoms with E-state index in [4.69, 9.17) is 9.52 Å². The fraction of sp³-hybridized carbons (Fsp3) is 0.615. The van der Waals surface area contributed by atoms with E-state index in [2.05, 4.69) is 10.6 Å². The van der Waals surface area contributed by atoms with Crippen molar-refractivity contribution in [2.45, 2.75) is 33.2 Å². The van der Waals surface area contributed by atoms with E-state index < -0.39 is 0 Å². The van der Waals surface area contributed by atoms with Crippen LogP contribution in [-0.2, 0) is 0 Å². The second-order valence-electron chi connectivity index (χ2n) is 4.64. The maximum Gasteiger partial charge on any atom is 0.315 e. The fourth-order valence-electron chi connectivity index (χ4n) is 1.59. The lowest BCUT2D eigenvalue weighted by molar-refractivity contribution is 0.229. The van der Waals surface area contributed by atoms with Crippen LogP contribution in [0.25, 0.3) is 0 Å². The van der Waals surface area contributed by atoms with Crippen LogP contribution in [0.5, 0.6) is 0 Å². The van der Waals surface area contributed by atoms with E-state index in [1.54, 1.807) is 0 Å². The zero-order chi connectivity index (χ0) is 13.5. The van der Waals surface area contributed by atoms with Gasteiger partial charge in [-0.2, -0.15) is 0 Å². The topological polar surface area (TPSA) is 74.5 Å². The molecule has 0 aliphatic rings. The van der Waals surface area contributed by atoms with Crippen LogP contribution in [0, 0.1) is 12.8 Å². The highest BCUT2D eigenvalue weighted by atomic mass is 16.3. The summed E-state index contributed by atoms with van der Waals surface area (Å²) in [6, 6.07) is 3.34. The average molecular weight is 254 g/mol. The van der Waals surface area contributed by atoms with Gasteiger partial charge in [0.15, 0.2) is 0 Å². The molecule has 2 atom stereocenters. The number of carbonyl (C=O) groups is 1. The SMILES string of the molecule is Cc1ccc(C(C)NC(=O)NCC(C)CCO)o1. The number of hydrogen-bond donors (Lipinski definition) is 3. The number of amides is 2. The van der Waals surface area contributed by atoms with E-state index in [1.165, 1.54) is 0 Å². The number of aryl methyl sites for hydroxylation is 1. The van der Waals surface area contributed by atoms with E-state index >= 15 is 0 Å². The molecule has 3 N–H and O–H groups in total. The minimum Gasteiger partial charge on any atom is -0.464 e. The van der Waals surface area contributed by atoms with Crippen molar-refractivity contribution in [1.82, 2.24) is 10.6 Å². The van der Waals surface area contributed by atoms with Gasteiger partial charge in [0.1, 0.15) is 11.5 Å². The molecule has 2 unspecified atom stereocenters. The van der Waals surface area contributed by atoms with Gasteiger partial charge in [0.25, 0.3) is 0 Å². The summed E-state index contributed by atoms with van der Waals surface area (Å²) >= 11 is 0. The Labute approximate surface area is 108 Å². The summed E-state index contributed by atoms with van der Waals surface area (Å²) in [5.74, 6) is 1.84. The summed E-state index contributed by atoms with van der Waals surface area (Å²) in [5, 5.41) is 14.3. The summed E-state index contributed by atoms with van der Waals surface area (Å²) in [5.41, 5.74) is 0. The normalized spacial score (nSPS) is 14.0. The first-order valence-electron chi connectivity index (χ1n) is 6.24. The Morgan fingerprint density at radius 1 is 1.44 bits per heavy atom. The van der Waals surface area contributed by atoms with Crippen LogP contribution < -0.4 is 10.6 Å². The van der Waals surface area contributed by atoms with Gasteiger partial charge in [-0.25, -0.2) is 4.79 Å². The molecule has 1 aromatic rings. The number of furan rings is 1. The Hall–Kier alpha value is -1.49. The van der Waals surface area contributed by atoms with Crippen molar-refractivity contribution in [2.24, 2.45) is 5.92 Å². The third kappa shape index (κ3) is 4.79. The molecule has 0 aliphatic carbocycles. The van der Waals surface area contributed by atoms with Crippen LogP contribution in [0.3, 0.4) is 0 Å². The average Bonchev–Trinajstić information content (AvgIpc) is 2.74. The van der Waals surface area contributed by atoms with Crippen LogP contribution in [0.1, 0.15) is 37.8 Å². The van der Waals surface area contributed by atoms with Crippen molar-refractivity contribution in [3.63, 3.8) is 0 Å². The lowest BCUT2D eigenvalue weighted by atomic mass is 10.1. The standard InChI is InChI=1S/C13H22N2O3/c1-9(6-7-16)8-14-13(17)15-11(3)12-5-4-10(2)18-12/h4-5,9,11,16H,6-8H2,1-3H3,(H2,14,15,17). The summed E-state index contributed by atoms with van der Waals surface area (Å²) in [6.07, 6.45) is 0.688. The van der Waals surface area contributed by atoms with Gasteiger partial charge in [-0.05, 0) is 38.3 Å². The highest BCUT2D eigenvalue weighted by Gasteiger charge is 2.12. The molecule has 0 spiro atoms. The monoisotopic (exact) mass is 254 g/mol. The molecule has 0 saturated carbocycles. The van der Waals surface area contributed by atoms with Crippen molar-refractivity contribution >= 4 is 6.03 Å². The predicted octanol–water partition coefficient (Wildman–Crippen LogP) is 1.97. The Morgan fingerprint density at radius 2 is 2.17 bits per heavy atom. The number of aliphatic hydroxyl groups is 1. The maximum atomic E-state index is 11.6. The lowest BCUT2D eigenvalue weighted by Gasteiger charge is -2.15. The van der Waals surface area contributed by atoms with Gasteiger partial charge in [0.2, 0.25) is 0 Å². The highest BCUT2D eigenvalue weighted by Crippen LogP contribution is 2.15. The van der Waals surface area contributed by atoms with Crippen molar-refractivity contribution < 1.29 is 14.3 Å². The van der Waals surface area contributed by atoms with Gasteiger partial charge in [-0.15, -0.1) is 0 Å². The molecule has 5 heteroatoms. The largest absolute Gasteiger partial charge is 0.464 e. The van der Waals surface area contributed by atoms with Crippen LogP contribution in [0.2, 0.25) is 0 Å². The first-order chi connectivity index (χ1) is 8.52. The van der Waals surface area contributed by atoms with Crippen molar-refractivity contribution in [3.05, 3.63) is 23.7 Å². The third-order valence-electron chi connectivity index (χ3n) is 2.77. The quantitative estimate of drug-likeness (QED) is 0.726. The molecular formula is C13H22N2O3. The zero-order valence-corrected chi connectivity index (χ0v) is 11.2. The molecule has 1 aromatic heterocycles. The number of nitrogens with one attached hydrogen (secondary N) is 2. The lowest BCUT2D eigenvalue weighted by Crippen LogP contribution is -2.39. The fourth-order valence-corrected chi connectivity index (χ4v) is 1.59. The van der Waals surface area contributed by atoms with Gasteiger partial charge in [0, 0.05) is 13.2 Å². The van der Waals surface area contributed by atoms with Crippen LogP contribution in [-0.4, -0.2) is 24.3 Å². The molecule has 0 saturated heterocycles. The van der Waals surface area contributed by atoms with Gasteiger partial charge in [-0.3, -0.25) is 0 Å². The molecule has 1 rings (SSSR count). The first kappa shape index (κ1) is 14.6. The zero-order valence-electron chi connectivity index (χ0n) is 11.2. The van der Waals surface area contributed by atoms with Gasteiger partial charge < -0.3 is 20.2 Å². The van der Waals surface area contributed by atoms with Crippen molar-refractivity contribution in [3.8, 4) is 0 Å². The number of hydrogen-bond acceptors (Lipinski definition) is 3. The van der Waals surface area contributed by atoms with Gasteiger partial charge in [0.05, 0.1) is 6.04 Å². The van der Waals surface area contributed by atoms with E-state index in [1.807, 2.05) is 32.9 Å². The van der Waals surface area contributed by atoms with E-state index in [9.17, 15) is 4.79 Å². The number of urea groups is 1. The van der Waals surface area contributed by atoms with E-state index in [0.29, 0.717) is 13.0 Å². The van der Waals surface area contributed by atoms with Crippen LogP contribution >= 0.6 is 0 Å². The van der Waals surface area contributed by atoms with E-state index in [-0.39, 0.29) is 24.6 Å². The summed E-state index contributed by atoms with van der Waals surface area (Å²) in [6.45, 7) is 6.42. The Kier molecular flexibility index (Phi) is 5.71. The minimum absolute atomic E-state index is 0.145. The Bertz CT molecular complexity index is 376. The second-order valence-corrected chi connectivity index (χ2v) is 4.64. The number of rotatable bonds is 6. The van der Waals surface area contributed by atoms with Crippen LogP contribution in [0.15, 0.2) is 16.5 Å². The smallest absolute Gasteiger partial charge is 0.315 e. The molecule has 1 heterocycles. The molecule has 0 bridgehead atoms. The van der Waals surface area contributed by atoms with Crippen LogP contribution in [0.4, 0.5) is 4.79 Å². The molecule has 0 fully saturated rings. The molecule has 5 nitrogen and oxygen atoms in total. The summed E-state index contributed by atoms with van der Waals surface area (Å²) in [4.78, 5) is 11.6. The molecule has 0 aliphatic heterocycles.